The SMILES string of the molecule is CC(C)CC(NC(=O)c1cc2ccccc2s1)C(=O)NCCN1CCN(S(=O)(=O)c2ccc(OC3CCNCC3)c(Cl)c2)CC1. The average molecular weight is 676 g/mol. The first kappa shape index (κ1) is 33.6. The summed E-state index contributed by atoms with van der Waals surface area (Å²) in [5, 5.41) is 10.5. The van der Waals surface area contributed by atoms with Crippen molar-refractivity contribution in [3.63, 3.8) is 0 Å². The number of fused-ring (bicyclic) bond motifs is 1. The summed E-state index contributed by atoms with van der Waals surface area (Å²) in [7, 11) is -3.71. The van der Waals surface area contributed by atoms with Crippen molar-refractivity contribution in [1.29, 1.82) is 0 Å². The molecule has 10 nitrogen and oxygen atoms in total. The third kappa shape index (κ3) is 8.75. The van der Waals surface area contributed by atoms with E-state index in [-0.39, 0.29) is 28.7 Å². The molecule has 2 aliphatic heterocycles. The fourth-order valence-electron chi connectivity index (χ4n) is 5.66. The number of thiophene rings is 1. The van der Waals surface area contributed by atoms with Gasteiger partial charge in [0.25, 0.3) is 5.91 Å². The van der Waals surface area contributed by atoms with Gasteiger partial charge in [0.05, 0.1) is 14.8 Å². The Labute approximate surface area is 274 Å². The maximum Gasteiger partial charge on any atom is 0.262 e. The summed E-state index contributed by atoms with van der Waals surface area (Å²) in [4.78, 5) is 29.0. The van der Waals surface area contributed by atoms with Crippen molar-refractivity contribution in [1.82, 2.24) is 25.2 Å². The van der Waals surface area contributed by atoms with Crippen molar-refractivity contribution >= 4 is 54.9 Å². The maximum absolute atomic E-state index is 13.4. The lowest BCUT2D eigenvalue weighted by molar-refractivity contribution is -0.123. The summed E-state index contributed by atoms with van der Waals surface area (Å²) in [5.74, 6) is 0.250. The van der Waals surface area contributed by atoms with Gasteiger partial charge in [-0.05, 0) is 74.0 Å². The molecular weight excluding hydrogens is 634 g/mol. The van der Waals surface area contributed by atoms with Gasteiger partial charge >= 0.3 is 0 Å². The molecule has 3 N–H and O–H groups in total. The Morgan fingerprint density at radius 2 is 1.80 bits per heavy atom. The van der Waals surface area contributed by atoms with Gasteiger partial charge in [-0.15, -0.1) is 11.3 Å². The van der Waals surface area contributed by atoms with Crippen molar-refractivity contribution < 1.29 is 22.7 Å². The van der Waals surface area contributed by atoms with E-state index in [1.165, 1.54) is 21.7 Å². The van der Waals surface area contributed by atoms with Crippen LogP contribution < -0.4 is 20.7 Å². The lowest BCUT2D eigenvalue weighted by Crippen LogP contribution is -2.52. The molecule has 0 bridgehead atoms. The zero-order valence-electron chi connectivity index (χ0n) is 25.8. The van der Waals surface area contributed by atoms with Gasteiger partial charge in [0.15, 0.2) is 0 Å². The number of sulfonamides is 1. The molecule has 2 fully saturated rings. The highest BCUT2D eigenvalue weighted by Gasteiger charge is 2.30. The van der Waals surface area contributed by atoms with E-state index in [0.29, 0.717) is 61.3 Å². The van der Waals surface area contributed by atoms with E-state index in [2.05, 4.69) is 20.9 Å². The molecule has 2 aromatic carbocycles. The summed E-state index contributed by atoms with van der Waals surface area (Å²) in [6.45, 7) is 8.53. The molecule has 1 aromatic heterocycles. The molecule has 1 unspecified atom stereocenters. The summed E-state index contributed by atoms with van der Waals surface area (Å²) in [6.07, 6.45) is 2.35. The molecule has 1 atom stereocenters. The van der Waals surface area contributed by atoms with Crippen LogP contribution in [0.3, 0.4) is 0 Å². The monoisotopic (exact) mass is 675 g/mol. The molecule has 2 saturated heterocycles. The number of piperazine rings is 1. The third-order valence-corrected chi connectivity index (χ3v) is 11.5. The highest BCUT2D eigenvalue weighted by molar-refractivity contribution is 7.89. The number of hydrogen-bond donors (Lipinski definition) is 3. The molecule has 0 saturated carbocycles. The average Bonchev–Trinajstić information content (AvgIpc) is 3.47. The summed E-state index contributed by atoms with van der Waals surface area (Å²) in [6, 6.07) is 13.7. The molecule has 0 radical (unpaired) electrons. The van der Waals surface area contributed by atoms with E-state index in [0.717, 1.165) is 36.0 Å². The number of halogens is 1. The van der Waals surface area contributed by atoms with Gasteiger partial charge in [-0.1, -0.05) is 43.6 Å². The van der Waals surface area contributed by atoms with Crippen molar-refractivity contribution in [3.05, 3.63) is 58.4 Å². The van der Waals surface area contributed by atoms with Crippen LogP contribution >= 0.6 is 22.9 Å². The number of amides is 2. The normalized spacial score (nSPS) is 17.8. The molecule has 5 rings (SSSR count). The summed E-state index contributed by atoms with van der Waals surface area (Å²) >= 11 is 7.85. The standard InChI is InChI=1S/C32H42ClN5O5S2/c1-22(2)19-27(36-32(40)30-20-23-5-3-4-6-29(23)44-30)31(39)35-13-14-37-15-17-38(18-16-37)45(41,42)25-7-8-28(26(33)21-25)43-24-9-11-34-12-10-24/h3-8,20-22,24,27,34H,9-19H2,1-2H3,(H,35,39)(H,36,40). The van der Waals surface area contributed by atoms with Crippen molar-refractivity contribution in [2.75, 3.05) is 52.4 Å². The van der Waals surface area contributed by atoms with Gasteiger partial charge in [0, 0.05) is 44.0 Å². The van der Waals surface area contributed by atoms with Crippen molar-refractivity contribution in [3.8, 4) is 5.75 Å². The zero-order chi connectivity index (χ0) is 32.0. The smallest absolute Gasteiger partial charge is 0.262 e. The van der Waals surface area contributed by atoms with Gasteiger partial charge in [0.1, 0.15) is 17.9 Å². The first-order chi connectivity index (χ1) is 21.6. The second-order valence-electron chi connectivity index (χ2n) is 12.0. The Kier molecular flexibility index (Phi) is 11.4. The molecule has 3 heterocycles. The first-order valence-corrected chi connectivity index (χ1v) is 18.2. The van der Waals surface area contributed by atoms with E-state index in [1.54, 1.807) is 12.1 Å². The minimum Gasteiger partial charge on any atom is -0.489 e. The van der Waals surface area contributed by atoms with Gasteiger partial charge in [-0.25, -0.2) is 8.42 Å². The molecule has 2 aliphatic rings. The number of hydrogen-bond acceptors (Lipinski definition) is 8. The van der Waals surface area contributed by atoms with E-state index in [1.807, 2.05) is 44.2 Å². The van der Waals surface area contributed by atoms with Gasteiger partial charge in [-0.3, -0.25) is 14.5 Å². The molecule has 45 heavy (non-hydrogen) atoms. The Balaban J connectivity index is 1.09. The molecule has 244 valence electrons. The van der Waals surface area contributed by atoms with Crippen LogP contribution in [0.5, 0.6) is 5.75 Å². The van der Waals surface area contributed by atoms with Crippen LogP contribution in [0.25, 0.3) is 10.1 Å². The van der Waals surface area contributed by atoms with E-state index in [9.17, 15) is 18.0 Å². The number of carbonyl (C=O) groups is 2. The second kappa shape index (κ2) is 15.2. The molecule has 13 heteroatoms. The number of ether oxygens (including phenoxy) is 1. The molecule has 0 spiro atoms. The van der Waals surface area contributed by atoms with Crippen LogP contribution in [0.2, 0.25) is 5.02 Å². The quantitative estimate of drug-likeness (QED) is 0.266. The number of piperidine rings is 1. The number of benzene rings is 2. The number of rotatable bonds is 12. The third-order valence-electron chi connectivity index (χ3n) is 8.16. The Morgan fingerprint density at radius 1 is 1.07 bits per heavy atom. The molecule has 0 aliphatic carbocycles. The lowest BCUT2D eigenvalue weighted by atomic mass is 10.0. The number of carbonyl (C=O) groups excluding carboxylic acids is 2. The maximum atomic E-state index is 13.4. The Hall–Kier alpha value is -2.74. The Morgan fingerprint density at radius 3 is 2.49 bits per heavy atom. The summed E-state index contributed by atoms with van der Waals surface area (Å²) < 4.78 is 35.2. The number of nitrogens with one attached hydrogen (secondary N) is 3. The van der Waals surface area contributed by atoms with Crippen LogP contribution in [0.4, 0.5) is 0 Å². The lowest BCUT2D eigenvalue weighted by Gasteiger charge is -2.34. The highest BCUT2D eigenvalue weighted by atomic mass is 35.5. The first-order valence-electron chi connectivity index (χ1n) is 15.6. The fraction of sp³-hybridized carbons (Fsp3) is 0.500. The predicted molar refractivity (Wildman–Crippen MR) is 179 cm³/mol. The van der Waals surface area contributed by atoms with Crippen LogP contribution in [0, 0.1) is 5.92 Å². The minimum atomic E-state index is -3.71. The summed E-state index contributed by atoms with van der Waals surface area (Å²) in [5.41, 5.74) is 0. The van der Waals surface area contributed by atoms with E-state index >= 15 is 0 Å². The second-order valence-corrected chi connectivity index (χ2v) is 15.4. The fourth-order valence-corrected chi connectivity index (χ4v) is 8.36. The molecular formula is C32H42ClN5O5S2. The van der Waals surface area contributed by atoms with Crippen LogP contribution in [0.1, 0.15) is 42.8 Å². The molecule has 2 amide bonds. The van der Waals surface area contributed by atoms with Crippen molar-refractivity contribution in [2.45, 2.75) is 50.2 Å². The minimum absolute atomic E-state index is 0.0658. The van der Waals surface area contributed by atoms with Gasteiger partial charge < -0.3 is 20.7 Å². The zero-order valence-corrected chi connectivity index (χ0v) is 28.1. The molecule has 3 aromatic rings. The largest absolute Gasteiger partial charge is 0.489 e. The number of nitrogens with zero attached hydrogens (tertiary/aromatic N) is 2. The van der Waals surface area contributed by atoms with Crippen LogP contribution in [-0.2, 0) is 14.8 Å². The van der Waals surface area contributed by atoms with Crippen LogP contribution in [0.15, 0.2) is 53.4 Å². The van der Waals surface area contributed by atoms with Gasteiger partial charge in [0.2, 0.25) is 15.9 Å². The highest BCUT2D eigenvalue weighted by Crippen LogP contribution is 2.31. The Bertz CT molecular complexity index is 1550. The van der Waals surface area contributed by atoms with E-state index in [4.69, 9.17) is 16.3 Å². The van der Waals surface area contributed by atoms with E-state index < -0.39 is 16.1 Å². The van der Waals surface area contributed by atoms with Crippen LogP contribution in [-0.4, -0.2) is 93.9 Å². The predicted octanol–water partition coefficient (Wildman–Crippen LogP) is 3.95. The topological polar surface area (TPSA) is 120 Å². The van der Waals surface area contributed by atoms with Gasteiger partial charge in [-0.2, -0.15) is 4.31 Å². The van der Waals surface area contributed by atoms with Crippen molar-refractivity contribution in [2.24, 2.45) is 5.92 Å².